The maximum atomic E-state index is 7.60. The zero-order valence-corrected chi connectivity index (χ0v) is 11.1. The Morgan fingerprint density at radius 3 is 1.80 bits per heavy atom. The maximum absolute atomic E-state index is 7.60. The number of benzene rings is 2. The van der Waals surface area contributed by atoms with Crippen molar-refractivity contribution in [3.05, 3.63) is 36.4 Å². The summed E-state index contributed by atoms with van der Waals surface area (Å²) >= 11 is 1.14. The van der Waals surface area contributed by atoms with E-state index in [0.717, 1.165) is 11.8 Å². The lowest BCUT2D eigenvalue weighted by molar-refractivity contribution is 1.11. The van der Waals surface area contributed by atoms with Gasteiger partial charge in [-0.3, -0.25) is 0 Å². The van der Waals surface area contributed by atoms with Crippen LogP contribution in [0.25, 0.3) is 0 Å². The van der Waals surface area contributed by atoms with Crippen LogP contribution < -0.4 is 15.1 Å². The van der Waals surface area contributed by atoms with E-state index in [0.29, 0.717) is 31.0 Å². The van der Waals surface area contributed by atoms with Gasteiger partial charge in [-0.05, 0) is 36.4 Å². The van der Waals surface area contributed by atoms with Crippen molar-refractivity contribution in [1.82, 2.24) is 0 Å². The highest BCUT2D eigenvalue weighted by Crippen LogP contribution is 2.46. The van der Waals surface area contributed by atoms with Crippen LogP contribution in [0.1, 0.15) is 16.4 Å². The van der Waals surface area contributed by atoms with Gasteiger partial charge < -0.3 is 15.1 Å². The van der Waals surface area contributed by atoms with Crippen LogP contribution in [0.4, 0.5) is 22.7 Å². The highest BCUT2D eigenvalue weighted by Gasteiger charge is 2.17. The average Bonchev–Trinajstić information content (AvgIpc) is 2.54. The summed E-state index contributed by atoms with van der Waals surface area (Å²) in [6.07, 6.45) is 0. The Morgan fingerprint density at radius 2 is 1.35 bits per heavy atom. The molecule has 3 rings (SSSR count). The summed E-state index contributed by atoms with van der Waals surface area (Å²) in [5.74, 6) is 0. The van der Waals surface area contributed by atoms with Crippen LogP contribution in [0.15, 0.2) is 46.2 Å². The minimum atomic E-state index is -2.91. The molecule has 0 bridgehead atoms. The van der Waals surface area contributed by atoms with Crippen LogP contribution >= 0.6 is 11.8 Å². The zero-order valence-electron chi connectivity index (χ0n) is 22.3. The second-order valence-corrected chi connectivity index (χ2v) is 5.34. The summed E-state index contributed by atoms with van der Waals surface area (Å²) in [5, 5.41) is 3.11. The second-order valence-electron chi connectivity index (χ2n) is 4.26. The van der Waals surface area contributed by atoms with E-state index in [4.69, 9.17) is 16.4 Å². The normalized spacial score (nSPS) is 23.6. The third-order valence-electron chi connectivity index (χ3n) is 2.94. The number of nitrogens with zero attached hydrogens (tertiary/aromatic N) is 2. The smallest absolute Gasteiger partial charge is 0.0527 e. The summed E-state index contributed by atoms with van der Waals surface area (Å²) in [6.45, 7) is -11.6. The van der Waals surface area contributed by atoms with Gasteiger partial charge in [0, 0.05) is 65.5 Å². The molecule has 20 heavy (non-hydrogen) atoms. The Morgan fingerprint density at radius 1 is 0.850 bits per heavy atom. The van der Waals surface area contributed by atoms with Crippen LogP contribution in [0.2, 0.25) is 0 Å². The van der Waals surface area contributed by atoms with Gasteiger partial charge in [0.25, 0.3) is 0 Å². The molecule has 0 atom stereocenters. The lowest BCUT2D eigenvalue weighted by atomic mass is 10.2. The molecule has 0 radical (unpaired) electrons. The summed E-state index contributed by atoms with van der Waals surface area (Å²) in [6, 6.07) is 8.69. The molecule has 2 aromatic rings. The number of hydrogen-bond acceptors (Lipinski definition) is 4. The van der Waals surface area contributed by atoms with Crippen molar-refractivity contribution in [2.24, 2.45) is 0 Å². The van der Waals surface area contributed by atoms with Gasteiger partial charge in [0.1, 0.15) is 0 Å². The van der Waals surface area contributed by atoms with E-state index >= 15 is 0 Å². The maximum Gasteiger partial charge on any atom is 0.0527 e. The molecule has 1 heterocycles. The fourth-order valence-corrected chi connectivity index (χ4v) is 2.99. The van der Waals surface area contributed by atoms with Crippen molar-refractivity contribution >= 4 is 34.5 Å². The van der Waals surface area contributed by atoms with Crippen molar-refractivity contribution in [3.8, 4) is 0 Å². The molecule has 0 amide bonds. The van der Waals surface area contributed by atoms with Gasteiger partial charge >= 0.3 is 0 Å². The van der Waals surface area contributed by atoms with Crippen LogP contribution in [-0.2, 0) is 0 Å². The molecule has 0 saturated heterocycles. The summed E-state index contributed by atoms with van der Waals surface area (Å²) < 4.78 is 91.2. The predicted octanol–water partition coefficient (Wildman–Crippen LogP) is 4.03. The van der Waals surface area contributed by atoms with Gasteiger partial charge in [-0.1, -0.05) is 11.8 Å². The standard InChI is InChI=1S/C16H19N3S/c1-18(2)11-5-7-13-15(9-11)20-16-10-12(19(3)4)6-8-14(16)17-13/h5-10,17H,1-4H3/i1D3,2D3,3D3,4D3. The Hall–Kier alpha value is -1.81. The third-order valence-corrected chi connectivity index (χ3v) is 4.05. The molecule has 0 saturated carbocycles. The van der Waals surface area contributed by atoms with Gasteiger partial charge in [0.15, 0.2) is 0 Å². The number of anilines is 4. The zero-order chi connectivity index (χ0) is 24.3. The first kappa shape index (κ1) is 5.19. The lowest BCUT2D eigenvalue weighted by Gasteiger charge is -2.24. The van der Waals surface area contributed by atoms with E-state index < -0.39 is 27.9 Å². The van der Waals surface area contributed by atoms with Crippen LogP contribution in [0.3, 0.4) is 0 Å². The minimum Gasteiger partial charge on any atom is -0.378 e. The topological polar surface area (TPSA) is 18.5 Å². The van der Waals surface area contributed by atoms with Crippen LogP contribution in [-0.4, -0.2) is 27.9 Å². The molecule has 2 aromatic carbocycles. The number of hydrogen-bond donors (Lipinski definition) is 1. The highest BCUT2D eigenvalue weighted by molar-refractivity contribution is 7.99. The van der Waals surface area contributed by atoms with Crippen molar-refractivity contribution in [2.75, 3.05) is 43.0 Å². The molecular formula is C16H19N3S. The molecule has 3 nitrogen and oxygen atoms in total. The molecule has 0 spiro atoms. The van der Waals surface area contributed by atoms with E-state index in [2.05, 4.69) is 5.32 Å². The molecule has 0 fully saturated rings. The molecule has 4 heteroatoms. The quantitative estimate of drug-likeness (QED) is 0.769. The second kappa shape index (κ2) is 4.94. The highest BCUT2D eigenvalue weighted by atomic mass is 32.2. The Balaban J connectivity index is 2.02. The van der Waals surface area contributed by atoms with E-state index in [-0.39, 0.29) is 11.4 Å². The number of nitrogens with one attached hydrogen (secondary N) is 1. The Kier molecular flexibility index (Phi) is 1.28. The van der Waals surface area contributed by atoms with E-state index in [1.165, 1.54) is 24.3 Å². The first-order valence-corrected chi connectivity index (χ1v) is 6.54. The SMILES string of the molecule is [2H]C([2H])([2H])N(c1ccc2c(c1)Sc1cc(N(C([2H])([2H])[2H])C([2H])([2H])[2H])ccc1N2)C([2H])([2H])[2H]. The third kappa shape index (κ3) is 2.31. The predicted molar refractivity (Wildman–Crippen MR) is 88.9 cm³/mol. The van der Waals surface area contributed by atoms with Crippen molar-refractivity contribution in [2.45, 2.75) is 9.79 Å². The minimum absolute atomic E-state index is 0.0377. The lowest BCUT2D eigenvalue weighted by Crippen LogP contribution is -2.10. The van der Waals surface area contributed by atoms with Crippen molar-refractivity contribution in [3.63, 3.8) is 0 Å². The van der Waals surface area contributed by atoms with Gasteiger partial charge in [0.05, 0.1) is 11.4 Å². The molecule has 0 aromatic heterocycles. The monoisotopic (exact) mass is 297 g/mol. The number of fused-ring (bicyclic) bond motifs is 2. The molecule has 104 valence electrons. The van der Waals surface area contributed by atoms with E-state index in [1.54, 1.807) is 12.1 Å². The summed E-state index contributed by atoms with van der Waals surface area (Å²) in [5.41, 5.74) is 1.12. The van der Waals surface area contributed by atoms with Crippen LogP contribution in [0.5, 0.6) is 0 Å². The average molecular weight is 297 g/mol. The largest absolute Gasteiger partial charge is 0.378 e. The van der Waals surface area contributed by atoms with E-state index in [9.17, 15) is 0 Å². The van der Waals surface area contributed by atoms with Gasteiger partial charge in [-0.15, -0.1) is 0 Å². The molecule has 1 N–H and O–H groups in total. The summed E-state index contributed by atoms with van der Waals surface area (Å²) in [7, 11) is 0. The fourth-order valence-electron chi connectivity index (χ4n) is 1.94. The Labute approximate surface area is 141 Å². The fraction of sp³-hybridized carbons (Fsp3) is 0.250. The molecule has 0 aliphatic carbocycles. The van der Waals surface area contributed by atoms with E-state index in [1.807, 2.05) is 0 Å². The number of rotatable bonds is 2. The summed E-state index contributed by atoms with van der Waals surface area (Å²) in [4.78, 5) is 1.75. The molecule has 0 unspecified atom stereocenters. The van der Waals surface area contributed by atoms with Gasteiger partial charge in [-0.2, -0.15) is 0 Å². The molecule has 1 aliphatic rings. The van der Waals surface area contributed by atoms with Crippen molar-refractivity contribution in [1.29, 1.82) is 0 Å². The van der Waals surface area contributed by atoms with Gasteiger partial charge in [0.2, 0.25) is 0 Å². The first-order chi connectivity index (χ1) is 14.4. The Bertz CT molecular complexity index is 902. The first-order valence-electron chi connectivity index (χ1n) is 11.7. The van der Waals surface area contributed by atoms with Crippen molar-refractivity contribution < 1.29 is 16.4 Å². The van der Waals surface area contributed by atoms with Gasteiger partial charge in [-0.25, -0.2) is 0 Å². The van der Waals surface area contributed by atoms with Crippen LogP contribution in [0, 0.1) is 0 Å². The molecule has 1 aliphatic heterocycles. The molecular weight excluding hydrogens is 266 g/mol.